The molecule has 0 spiro atoms. The Hall–Kier alpha value is -2.07. The predicted molar refractivity (Wildman–Crippen MR) is 78.4 cm³/mol. The van der Waals surface area contributed by atoms with Crippen LogP contribution in [0, 0.1) is 0 Å². The van der Waals surface area contributed by atoms with Crippen LogP contribution in [0.1, 0.15) is 24.5 Å². The molecular weight excluding hydrogens is 252 g/mol. The van der Waals surface area contributed by atoms with Crippen molar-refractivity contribution in [3.05, 3.63) is 53.9 Å². The molecule has 4 nitrogen and oxygen atoms in total. The van der Waals surface area contributed by atoms with Gasteiger partial charge in [-0.2, -0.15) is 0 Å². The minimum Gasteiger partial charge on any atom is -0.504 e. The number of nitrogens with zero attached hydrogens (tertiary/aromatic N) is 2. The normalized spacial score (nSPS) is 10.9. The fourth-order valence-corrected chi connectivity index (χ4v) is 2.20. The summed E-state index contributed by atoms with van der Waals surface area (Å²) >= 11 is 0. The van der Waals surface area contributed by atoms with Crippen LogP contribution in [0.5, 0.6) is 11.5 Å². The van der Waals surface area contributed by atoms with Gasteiger partial charge >= 0.3 is 0 Å². The minimum absolute atomic E-state index is 0.0668. The number of aromatic nitrogens is 1. The Morgan fingerprint density at radius 3 is 2.30 bits per heavy atom. The zero-order chi connectivity index (χ0) is 14.4. The fraction of sp³-hybridized carbons (Fsp3) is 0.312. The Kier molecular flexibility index (Phi) is 4.96. The van der Waals surface area contributed by atoms with Crippen LogP contribution in [-0.4, -0.2) is 26.6 Å². The number of benzene rings is 1. The lowest BCUT2D eigenvalue weighted by Crippen LogP contribution is -2.23. The van der Waals surface area contributed by atoms with Crippen LogP contribution < -0.4 is 0 Å². The number of pyridine rings is 1. The summed E-state index contributed by atoms with van der Waals surface area (Å²) in [5, 5.41) is 18.9. The monoisotopic (exact) mass is 272 g/mol. The highest BCUT2D eigenvalue weighted by atomic mass is 16.3. The fourth-order valence-electron chi connectivity index (χ4n) is 2.20. The lowest BCUT2D eigenvalue weighted by molar-refractivity contribution is 0.256. The second kappa shape index (κ2) is 6.91. The minimum atomic E-state index is -0.0788. The van der Waals surface area contributed by atoms with Gasteiger partial charge in [-0.3, -0.25) is 9.88 Å². The molecule has 2 aromatic rings. The first kappa shape index (κ1) is 14.3. The maximum atomic E-state index is 9.56. The quantitative estimate of drug-likeness (QED) is 0.794. The molecule has 0 unspecified atom stereocenters. The van der Waals surface area contributed by atoms with Crippen molar-refractivity contribution in [2.45, 2.75) is 26.4 Å². The summed E-state index contributed by atoms with van der Waals surface area (Å²) in [7, 11) is 0. The van der Waals surface area contributed by atoms with E-state index in [9.17, 15) is 10.2 Å². The number of hydrogen-bond donors (Lipinski definition) is 2. The van der Waals surface area contributed by atoms with E-state index in [1.807, 2.05) is 18.2 Å². The SMILES string of the molecule is CCCN(Cc1ccncc1)Cc1ccc(O)c(O)c1. The van der Waals surface area contributed by atoms with Crippen molar-refractivity contribution >= 4 is 0 Å². The molecule has 0 aliphatic carbocycles. The molecule has 0 fully saturated rings. The summed E-state index contributed by atoms with van der Waals surface area (Å²) in [5.41, 5.74) is 2.21. The van der Waals surface area contributed by atoms with Crippen molar-refractivity contribution in [2.24, 2.45) is 0 Å². The van der Waals surface area contributed by atoms with Gasteiger partial charge in [-0.15, -0.1) is 0 Å². The van der Waals surface area contributed by atoms with Gasteiger partial charge in [0.15, 0.2) is 11.5 Å². The molecule has 0 radical (unpaired) electrons. The number of phenolic OH excluding ortho intramolecular Hbond substituents is 2. The van der Waals surface area contributed by atoms with E-state index < -0.39 is 0 Å². The van der Waals surface area contributed by atoms with Gasteiger partial charge in [0.1, 0.15) is 0 Å². The molecule has 2 N–H and O–H groups in total. The van der Waals surface area contributed by atoms with Gasteiger partial charge in [0, 0.05) is 25.5 Å². The van der Waals surface area contributed by atoms with E-state index in [1.54, 1.807) is 18.5 Å². The van der Waals surface area contributed by atoms with Crippen molar-refractivity contribution in [1.82, 2.24) is 9.88 Å². The molecule has 0 bridgehead atoms. The van der Waals surface area contributed by atoms with E-state index in [-0.39, 0.29) is 11.5 Å². The lowest BCUT2D eigenvalue weighted by atomic mass is 10.1. The average Bonchev–Trinajstić information content (AvgIpc) is 2.44. The van der Waals surface area contributed by atoms with Crippen LogP contribution in [0.2, 0.25) is 0 Å². The molecule has 106 valence electrons. The highest BCUT2D eigenvalue weighted by molar-refractivity contribution is 5.40. The van der Waals surface area contributed by atoms with Crippen LogP contribution in [-0.2, 0) is 13.1 Å². The van der Waals surface area contributed by atoms with Gasteiger partial charge in [0.25, 0.3) is 0 Å². The Balaban J connectivity index is 2.06. The van der Waals surface area contributed by atoms with E-state index in [0.29, 0.717) is 0 Å². The molecule has 0 atom stereocenters. The van der Waals surface area contributed by atoms with Crippen molar-refractivity contribution < 1.29 is 10.2 Å². The first-order valence-electron chi connectivity index (χ1n) is 6.81. The highest BCUT2D eigenvalue weighted by Crippen LogP contribution is 2.25. The molecule has 0 aliphatic heterocycles. The predicted octanol–water partition coefficient (Wildman–Crippen LogP) is 2.91. The number of phenols is 2. The number of aromatic hydroxyl groups is 2. The second-order valence-electron chi connectivity index (χ2n) is 4.89. The Morgan fingerprint density at radius 2 is 1.65 bits per heavy atom. The first-order valence-corrected chi connectivity index (χ1v) is 6.81. The largest absolute Gasteiger partial charge is 0.504 e. The molecule has 0 saturated carbocycles. The topological polar surface area (TPSA) is 56.6 Å². The molecule has 4 heteroatoms. The zero-order valence-electron chi connectivity index (χ0n) is 11.7. The summed E-state index contributed by atoms with van der Waals surface area (Å²) in [5.74, 6) is -0.146. The van der Waals surface area contributed by atoms with Crippen molar-refractivity contribution in [1.29, 1.82) is 0 Å². The lowest BCUT2D eigenvalue weighted by Gasteiger charge is -2.22. The first-order chi connectivity index (χ1) is 9.69. The molecule has 1 heterocycles. The Morgan fingerprint density at radius 1 is 0.950 bits per heavy atom. The van der Waals surface area contributed by atoms with Crippen molar-refractivity contribution in [3.63, 3.8) is 0 Å². The van der Waals surface area contributed by atoms with Crippen LogP contribution in [0.25, 0.3) is 0 Å². The summed E-state index contributed by atoms with van der Waals surface area (Å²) in [6.45, 7) is 4.71. The van der Waals surface area contributed by atoms with E-state index in [1.165, 1.54) is 11.6 Å². The van der Waals surface area contributed by atoms with E-state index in [4.69, 9.17) is 0 Å². The third-order valence-corrected chi connectivity index (χ3v) is 3.14. The number of rotatable bonds is 6. The van der Waals surface area contributed by atoms with Gasteiger partial charge in [-0.05, 0) is 48.4 Å². The molecule has 0 saturated heterocycles. The van der Waals surface area contributed by atoms with Crippen molar-refractivity contribution in [3.8, 4) is 11.5 Å². The molecular formula is C16H20N2O2. The van der Waals surface area contributed by atoms with E-state index >= 15 is 0 Å². The molecule has 0 amide bonds. The molecule has 1 aromatic carbocycles. The standard InChI is InChI=1S/C16H20N2O2/c1-2-9-18(11-13-5-7-17-8-6-13)12-14-3-4-15(19)16(20)10-14/h3-8,10,19-20H,2,9,11-12H2,1H3. The summed E-state index contributed by atoms with van der Waals surface area (Å²) in [6, 6.07) is 9.00. The third-order valence-electron chi connectivity index (χ3n) is 3.14. The highest BCUT2D eigenvalue weighted by Gasteiger charge is 2.08. The van der Waals surface area contributed by atoms with Crippen LogP contribution in [0.15, 0.2) is 42.7 Å². The smallest absolute Gasteiger partial charge is 0.157 e. The van der Waals surface area contributed by atoms with Gasteiger partial charge < -0.3 is 10.2 Å². The van der Waals surface area contributed by atoms with Gasteiger partial charge in [-0.1, -0.05) is 13.0 Å². The molecule has 20 heavy (non-hydrogen) atoms. The zero-order valence-corrected chi connectivity index (χ0v) is 11.7. The Labute approximate surface area is 119 Å². The van der Waals surface area contributed by atoms with Gasteiger partial charge in [0.05, 0.1) is 0 Å². The van der Waals surface area contributed by atoms with Gasteiger partial charge in [-0.25, -0.2) is 0 Å². The van der Waals surface area contributed by atoms with Crippen LogP contribution in [0.3, 0.4) is 0 Å². The second-order valence-corrected chi connectivity index (χ2v) is 4.89. The van der Waals surface area contributed by atoms with Crippen LogP contribution in [0.4, 0.5) is 0 Å². The maximum Gasteiger partial charge on any atom is 0.157 e. The third kappa shape index (κ3) is 3.96. The molecule has 0 aliphatic rings. The molecule has 2 rings (SSSR count). The summed E-state index contributed by atoms with van der Waals surface area (Å²) in [6.07, 6.45) is 4.66. The van der Waals surface area contributed by atoms with Crippen LogP contribution >= 0.6 is 0 Å². The number of hydrogen-bond acceptors (Lipinski definition) is 4. The van der Waals surface area contributed by atoms with E-state index in [0.717, 1.165) is 31.6 Å². The summed E-state index contributed by atoms with van der Waals surface area (Å²) < 4.78 is 0. The summed E-state index contributed by atoms with van der Waals surface area (Å²) in [4.78, 5) is 6.33. The Bertz CT molecular complexity index is 543. The molecule has 1 aromatic heterocycles. The van der Waals surface area contributed by atoms with Crippen molar-refractivity contribution in [2.75, 3.05) is 6.54 Å². The van der Waals surface area contributed by atoms with E-state index in [2.05, 4.69) is 16.8 Å². The van der Waals surface area contributed by atoms with Gasteiger partial charge in [0.2, 0.25) is 0 Å². The average molecular weight is 272 g/mol. The maximum absolute atomic E-state index is 9.56.